The van der Waals surface area contributed by atoms with E-state index in [-0.39, 0.29) is 6.09 Å². The number of para-hydroxylation sites is 1. The first-order chi connectivity index (χ1) is 13.9. The van der Waals surface area contributed by atoms with Gasteiger partial charge in [-0.05, 0) is 50.6 Å². The van der Waals surface area contributed by atoms with Crippen molar-refractivity contribution in [3.63, 3.8) is 0 Å². The van der Waals surface area contributed by atoms with Crippen LogP contribution < -0.4 is 5.32 Å². The van der Waals surface area contributed by atoms with Gasteiger partial charge in [0.1, 0.15) is 5.60 Å². The van der Waals surface area contributed by atoms with Gasteiger partial charge in [-0.1, -0.05) is 18.2 Å². The van der Waals surface area contributed by atoms with Crippen LogP contribution in [0, 0.1) is 0 Å². The van der Waals surface area contributed by atoms with Crippen LogP contribution in [0.2, 0.25) is 0 Å². The molecule has 3 heterocycles. The largest absolute Gasteiger partial charge is 0.444 e. The van der Waals surface area contributed by atoms with Crippen molar-refractivity contribution in [2.45, 2.75) is 39.5 Å². The van der Waals surface area contributed by atoms with Gasteiger partial charge in [-0.15, -0.1) is 0 Å². The highest BCUT2D eigenvalue weighted by atomic mass is 16.6. The Kier molecular flexibility index (Phi) is 4.96. The van der Waals surface area contributed by atoms with Gasteiger partial charge in [0.25, 0.3) is 0 Å². The van der Waals surface area contributed by atoms with E-state index in [1.807, 2.05) is 67.9 Å². The Morgan fingerprint density at radius 2 is 1.79 bits per heavy atom. The number of ether oxygens (including phenoxy) is 1. The van der Waals surface area contributed by atoms with Crippen LogP contribution in [0.4, 0.5) is 16.3 Å². The number of anilines is 2. The number of pyridine rings is 1. The molecule has 150 valence electrons. The summed E-state index contributed by atoms with van der Waals surface area (Å²) in [4.78, 5) is 18.5. The number of nitrogens with zero attached hydrogens (tertiary/aromatic N) is 4. The van der Waals surface area contributed by atoms with E-state index in [9.17, 15) is 4.79 Å². The number of nitrogens with one attached hydrogen (secondary N) is 1. The number of rotatable bonds is 3. The average Bonchev–Trinajstić information content (AvgIpc) is 3.05. The molecule has 0 atom stereocenters. The fourth-order valence-electron chi connectivity index (χ4n) is 3.37. The standard InChI is InChI=1S/C22H25N5O2/c1-22(2,3)29-21(28)26-13-14-27-18(15-26)19(16-9-11-23-12-10-16)20(25-27)24-17-7-5-4-6-8-17/h4-12H,13-15H2,1-3H3,(H,24,25). The smallest absolute Gasteiger partial charge is 0.410 e. The van der Waals surface area contributed by atoms with Crippen LogP contribution in [0.25, 0.3) is 11.1 Å². The maximum absolute atomic E-state index is 12.6. The van der Waals surface area contributed by atoms with Crippen LogP contribution in [0.15, 0.2) is 54.9 Å². The molecule has 1 aromatic carbocycles. The molecule has 7 nitrogen and oxygen atoms in total. The van der Waals surface area contributed by atoms with Gasteiger partial charge in [0.15, 0.2) is 5.82 Å². The Labute approximate surface area is 170 Å². The van der Waals surface area contributed by atoms with Crippen molar-refractivity contribution in [3.05, 3.63) is 60.6 Å². The van der Waals surface area contributed by atoms with Gasteiger partial charge in [0, 0.05) is 30.2 Å². The summed E-state index contributed by atoms with van der Waals surface area (Å²) in [5, 5.41) is 8.22. The third-order valence-electron chi connectivity index (χ3n) is 4.64. The monoisotopic (exact) mass is 391 g/mol. The van der Waals surface area contributed by atoms with Gasteiger partial charge in [-0.3, -0.25) is 9.67 Å². The Morgan fingerprint density at radius 1 is 1.07 bits per heavy atom. The molecule has 2 aromatic heterocycles. The van der Waals surface area contributed by atoms with Gasteiger partial charge >= 0.3 is 6.09 Å². The molecule has 0 spiro atoms. The predicted octanol–water partition coefficient (Wildman–Crippen LogP) is 4.44. The molecule has 1 aliphatic rings. The minimum absolute atomic E-state index is 0.303. The second-order valence-corrected chi connectivity index (χ2v) is 8.02. The normalized spacial score (nSPS) is 13.7. The van der Waals surface area contributed by atoms with E-state index in [1.165, 1.54) is 0 Å². The van der Waals surface area contributed by atoms with Gasteiger partial charge in [0.05, 0.1) is 18.8 Å². The molecule has 0 radical (unpaired) electrons. The molecule has 0 aliphatic carbocycles. The second kappa shape index (κ2) is 7.58. The minimum atomic E-state index is -0.525. The molecular weight excluding hydrogens is 366 g/mol. The van der Waals surface area contributed by atoms with Crippen molar-refractivity contribution in [2.75, 3.05) is 11.9 Å². The van der Waals surface area contributed by atoms with Crippen LogP contribution in [-0.2, 0) is 17.8 Å². The highest BCUT2D eigenvalue weighted by Crippen LogP contribution is 2.35. The third-order valence-corrected chi connectivity index (χ3v) is 4.64. The third kappa shape index (κ3) is 4.23. The SMILES string of the molecule is CC(C)(C)OC(=O)N1CCn2nc(Nc3ccccc3)c(-c3ccncc3)c2C1. The summed E-state index contributed by atoms with van der Waals surface area (Å²) in [6, 6.07) is 13.9. The van der Waals surface area contributed by atoms with E-state index in [4.69, 9.17) is 9.84 Å². The number of aromatic nitrogens is 3. The fourth-order valence-corrected chi connectivity index (χ4v) is 3.37. The molecule has 1 aliphatic heterocycles. The van der Waals surface area contributed by atoms with Crippen molar-refractivity contribution >= 4 is 17.6 Å². The van der Waals surface area contributed by atoms with Crippen molar-refractivity contribution in [2.24, 2.45) is 0 Å². The number of carbonyl (C=O) groups is 1. The van der Waals surface area contributed by atoms with Crippen molar-refractivity contribution in [1.29, 1.82) is 0 Å². The van der Waals surface area contributed by atoms with Crippen LogP contribution in [-0.4, -0.2) is 37.9 Å². The first-order valence-electron chi connectivity index (χ1n) is 9.71. The molecule has 0 fully saturated rings. The Bertz CT molecular complexity index is 993. The summed E-state index contributed by atoms with van der Waals surface area (Å²) in [6.45, 7) is 7.25. The topological polar surface area (TPSA) is 72.3 Å². The summed E-state index contributed by atoms with van der Waals surface area (Å²) in [6.07, 6.45) is 3.23. The zero-order valence-corrected chi connectivity index (χ0v) is 16.9. The number of amides is 1. The lowest BCUT2D eigenvalue weighted by Gasteiger charge is -2.30. The van der Waals surface area contributed by atoms with Gasteiger partial charge < -0.3 is 15.0 Å². The number of hydrogen-bond donors (Lipinski definition) is 1. The fraction of sp³-hybridized carbons (Fsp3) is 0.318. The molecule has 3 aromatic rings. The number of fused-ring (bicyclic) bond motifs is 1. The summed E-state index contributed by atoms with van der Waals surface area (Å²) in [7, 11) is 0. The molecule has 1 amide bonds. The molecule has 0 bridgehead atoms. The zero-order valence-electron chi connectivity index (χ0n) is 16.9. The minimum Gasteiger partial charge on any atom is -0.444 e. The predicted molar refractivity (Wildman–Crippen MR) is 112 cm³/mol. The molecule has 7 heteroatoms. The Morgan fingerprint density at radius 3 is 2.48 bits per heavy atom. The number of carbonyl (C=O) groups excluding carboxylic acids is 1. The van der Waals surface area contributed by atoms with Gasteiger partial charge in [-0.2, -0.15) is 5.10 Å². The summed E-state index contributed by atoms with van der Waals surface area (Å²) in [5.41, 5.74) is 3.40. The van der Waals surface area contributed by atoms with Crippen LogP contribution in [0.5, 0.6) is 0 Å². The van der Waals surface area contributed by atoms with Crippen molar-refractivity contribution in [3.8, 4) is 11.1 Å². The van der Waals surface area contributed by atoms with Crippen LogP contribution in [0.3, 0.4) is 0 Å². The molecule has 4 rings (SSSR count). The molecular formula is C22H25N5O2. The summed E-state index contributed by atoms with van der Waals surface area (Å²) >= 11 is 0. The lowest BCUT2D eigenvalue weighted by Crippen LogP contribution is -2.41. The molecule has 0 saturated carbocycles. The number of hydrogen-bond acceptors (Lipinski definition) is 5. The Balaban J connectivity index is 1.70. The highest BCUT2D eigenvalue weighted by molar-refractivity contribution is 5.81. The zero-order chi connectivity index (χ0) is 20.4. The van der Waals surface area contributed by atoms with Gasteiger partial charge in [0.2, 0.25) is 0 Å². The lowest BCUT2D eigenvalue weighted by molar-refractivity contribution is 0.0195. The van der Waals surface area contributed by atoms with E-state index in [1.54, 1.807) is 17.3 Å². The molecule has 29 heavy (non-hydrogen) atoms. The lowest BCUT2D eigenvalue weighted by atomic mass is 10.1. The maximum Gasteiger partial charge on any atom is 0.410 e. The average molecular weight is 391 g/mol. The van der Waals surface area contributed by atoms with Crippen molar-refractivity contribution in [1.82, 2.24) is 19.7 Å². The Hall–Kier alpha value is -3.35. The first kappa shape index (κ1) is 19.0. The molecule has 0 saturated heterocycles. The summed E-state index contributed by atoms with van der Waals surface area (Å²) < 4.78 is 7.55. The first-order valence-corrected chi connectivity index (χ1v) is 9.71. The van der Waals surface area contributed by atoms with Gasteiger partial charge in [-0.25, -0.2) is 4.79 Å². The molecule has 1 N–H and O–H groups in total. The second-order valence-electron chi connectivity index (χ2n) is 8.02. The van der Waals surface area contributed by atoms with Crippen LogP contribution >= 0.6 is 0 Å². The van der Waals surface area contributed by atoms with E-state index < -0.39 is 5.60 Å². The van der Waals surface area contributed by atoms with Crippen molar-refractivity contribution < 1.29 is 9.53 Å². The van der Waals surface area contributed by atoms with E-state index in [2.05, 4.69) is 10.3 Å². The quantitative estimate of drug-likeness (QED) is 0.715. The maximum atomic E-state index is 12.6. The van der Waals surface area contributed by atoms with E-state index in [0.717, 1.165) is 28.3 Å². The highest BCUT2D eigenvalue weighted by Gasteiger charge is 2.30. The van der Waals surface area contributed by atoms with E-state index in [0.29, 0.717) is 19.6 Å². The summed E-state index contributed by atoms with van der Waals surface area (Å²) in [5.74, 6) is 0.767. The van der Waals surface area contributed by atoms with E-state index >= 15 is 0 Å². The number of benzene rings is 1. The molecule has 0 unspecified atom stereocenters. The van der Waals surface area contributed by atoms with Crippen LogP contribution in [0.1, 0.15) is 26.5 Å².